The van der Waals surface area contributed by atoms with Crippen LogP contribution in [-0.2, 0) is 0 Å². The van der Waals surface area contributed by atoms with Crippen molar-refractivity contribution >= 4 is 10.9 Å². The molecule has 1 heterocycles. The van der Waals surface area contributed by atoms with Gasteiger partial charge in [0.05, 0.1) is 5.52 Å². The summed E-state index contributed by atoms with van der Waals surface area (Å²) in [5.41, 5.74) is 1.03. The molecule has 2 rings (SSSR count). The Balaban J connectivity index is 0.000000317. The molecule has 2 heteroatoms. The van der Waals surface area contributed by atoms with Gasteiger partial charge in [-0.2, -0.15) is 0 Å². The summed E-state index contributed by atoms with van der Waals surface area (Å²) in [5.74, 6) is 2.14. The summed E-state index contributed by atoms with van der Waals surface area (Å²) in [6.07, 6.45) is 1.89. The lowest BCUT2D eigenvalue weighted by atomic mass is 10.2. The predicted molar refractivity (Wildman–Crippen MR) is 74.1 cm³/mol. The van der Waals surface area contributed by atoms with E-state index in [1.807, 2.05) is 30.5 Å². The van der Waals surface area contributed by atoms with E-state index in [1.165, 1.54) is 0 Å². The molecule has 1 aromatic carbocycles. The minimum absolute atomic E-state index is 0.393. The molecule has 0 spiro atoms. The van der Waals surface area contributed by atoms with E-state index in [0.29, 0.717) is 5.92 Å². The summed E-state index contributed by atoms with van der Waals surface area (Å²) in [6, 6.07) is 8.04. The van der Waals surface area contributed by atoms with E-state index in [0.717, 1.165) is 22.6 Å². The Kier molecular flexibility index (Phi) is 5.08. The Bertz CT molecular complexity index is 458. The van der Waals surface area contributed by atoms with Crippen molar-refractivity contribution in [2.75, 3.05) is 0 Å². The van der Waals surface area contributed by atoms with Gasteiger partial charge in [-0.1, -0.05) is 52.8 Å². The lowest BCUT2D eigenvalue weighted by Crippen LogP contribution is -1.96. The molecule has 0 N–H and O–H groups in total. The second-order valence-electron chi connectivity index (χ2n) is 5.17. The standard InChI is InChI=1S/C11H12N2.C4H10/c1-8(2)11-12-7-9-5-3-4-6-10(9)13-11;1-4(2)3/h3-8H,1-2H3;4H,1-3H3. The van der Waals surface area contributed by atoms with Crippen LogP contribution in [0.25, 0.3) is 10.9 Å². The highest BCUT2D eigenvalue weighted by Crippen LogP contribution is 2.14. The van der Waals surface area contributed by atoms with Gasteiger partial charge < -0.3 is 0 Å². The SMILES string of the molecule is CC(C)C.CC(C)c1ncc2ccccc2n1. The molecule has 0 amide bonds. The normalized spacial score (nSPS) is 10.5. The maximum absolute atomic E-state index is 4.46. The van der Waals surface area contributed by atoms with Crippen LogP contribution in [0, 0.1) is 5.92 Å². The number of fused-ring (bicyclic) bond motifs is 1. The van der Waals surface area contributed by atoms with Crippen LogP contribution in [0.2, 0.25) is 0 Å². The molecule has 0 fully saturated rings. The highest BCUT2D eigenvalue weighted by Gasteiger charge is 2.02. The van der Waals surface area contributed by atoms with Gasteiger partial charge in [-0.15, -0.1) is 0 Å². The first-order valence-corrected chi connectivity index (χ1v) is 6.22. The average Bonchev–Trinajstić information content (AvgIpc) is 2.27. The molecule has 0 saturated carbocycles. The molecule has 1 aromatic heterocycles. The molecule has 0 aliphatic carbocycles. The molecule has 0 aliphatic rings. The van der Waals surface area contributed by atoms with Crippen LogP contribution < -0.4 is 0 Å². The van der Waals surface area contributed by atoms with Crippen LogP contribution in [0.3, 0.4) is 0 Å². The molecular weight excluding hydrogens is 208 g/mol. The molecule has 0 aliphatic heterocycles. The second kappa shape index (κ2) is 6.33. The van der Waals surface area contributed by atoms with Gasteiger partial charge in [-0.05, 0) is 12.0 Å². The van der Waals surface area contributed by atoms with E-state index in [9.17, 15) is 0 Å². The molecule has 0 atom stereocenters. The number of rotatable bonds is 1. The van der Waals surface area contributed by atoms with Crippen molar-refractivity contribution < 1.29 is 0 Å². The van der Waals surface area contributed by atoms with Crippen LogP contribution in [0.1, 0.15) is 46.4 Å². The maximum atomic E-state index is 4.46. The van der Waals surface area contributed by atoms with Gasteiger partial charge in [0.25, 0.3) is 0 Å². The third-order valence-electron chi connectivity index (χ3n) is 2.02. The van der Waals surface area contributed by atoms with E-state index < -0.39 is 0 Å². The predicted octanol–water partition coefficient (Wildman–Crippen LogP) is 4.42. The van der Waals surface area contributed by atoms with Crippen molar-refractivity contribution in [3.63, 3.8) is 0 Å². The Morgan fingerprint density at radius 2 is 1.53 bits per heavy atom. The van der Waals surface area contributed by atoms with Gasteiger partial charge in [-0.3, -0.25) is 0 Å². The van der Waals surface area contributed by atoms with Gasteiger partial charge in [0.2, 0.25) is 0 Å². The summed E-state index contributed by atoms with van der Waals surface area (Å²) >= 11 is 0. The summed E-state index contributed by atoms with van der Waals surface area (Å²) in [5, 5.41) is 1.10. The molecule has 0 radical (unpaired) electrons. The van der Waals surface area contributed by atoms with Crippen molar-refractivity contribution in [1.29, 1.82) is 0 Å². The number of benzene rings is 1. The molecule has 17 heavy (non-hydrogen) atoms. The first kappa shape index (κ1) is 13.6. The highest BCUT2D eigenvalue weighted by atomic mass is 14.9. The van der Waals surface area contributed by atoms with Crippen LogP contribution in [0.4, 0.5) is 0 Å². The van der Waals surface area contributed by atoms with Crippen LogP contribution >= 0.6 is 0 Å². The number of para-hydroxylation sites is 1. The highest BCUT2D eigenvalue weighted by molar-refractivity contribution is 5.77. The van der Waals surface area contributed by atoms with Crippen LogP contribution in [0.15, 0.2) is 30.5 Å². The van der Waals surface area contributed by atoms with Gasteiger partial charge >= 0.3 is 0 Å². The van der Waals surface area contributed by atoms with E-state index >= 15 is 0 Å². The zero-order chi connectivity index (χ0) is 12.8. The zero-order valence-electron chi connectivity index (χ0n) is 11.4. The Hall–Kier alpha value is -1.44. The van der Waals surface area contributed by atoms with Crippen molar-refractivity contribution in [2.45, 2.75) is 40.5 Å². The van der Waals surface area contributed by atoms with Crippen molar-refractivity contribution in [3.05, 3.63) is 36.3 Å². The minimum Gasteiger partial charge on any atom is -0.240 e. The first-order valence-electron chi connectivity index (χ1n) is 6.22. The monoisotopic (exact) mass is 230 g/mol. The van der Waals surface area contributed by atoms with Crippen LogP contribution in [-0.4, -0.2) is 9.97 Å². The van der Waals surface area contributed by atoms with Crippen molar-refractivity contribution in [2.24, 2.45) is 5.92 Å². The van der Waals surface area contributed by atoms with Crippen molar-refractivity contribution in [1.82, 2.24) is 9.97 Å². The molecule has 92 valence electrons. The molecular formula is C15H22N2. The molecule has 0 unspecified atom stereocenters. The minimum atomic E-state index is 0.393. The third kappa shape index (κ3) is 4.51. The quantitative estimate of drug-likeness (QED) is 0.725. The van der Waals surface area contributed by atoms with E-state index in [2.05, 4.69) is 44.6 Å². The summed E-state index contributed by atoms with van der Waals surface area (Å²) in [4.78, 5) is 8.76. The lowest BCUT2D eigenvalue weighted by molar-refractivity contribution is 0.737. The fraction of sp³-hybridized carbons (Fsp3) is 0.467. The van der Waals surface area contributed by atoms with Gasteiger partial charge in [-0.25, -0.2) is 9.97 Å². The number of hydrogen-bond acceptors (Lipinski definition) is 2. The topological polar surface area (TPSA) is 25.8 Å². The summed E-state index contributed by atoms with van der Waals surface area (Å²) in [7, 11) is 0. The first-order chi connectivity index (χ1) is 8.00. The smallest absolute Gasteiger partial charge is 0.131 e. The fourth-order valence-corrected chi connectivity index (χ4v) is 1.26. The zero-order valence-corrected chi connectivity index (χ0v) is 11.4. The van der Waals surface area contributed by atoms with Gasteiger partial charge in [0.1, 0.15) is 5.82 Å². The van der Waals surface area contributed by atoms with E-state index in [4.69, 9.17) is 0 Å². The molecule has 2 nitrogen and oxygen atoms in total. The Morgan fingerprint density at radius 3 is 2.12 bits per heavy atom. The third-order valence-corrected chi connectivity index (χ3v) is 2.02. The summed E-state index contributed by atoms with van der Waals surface area (Å²) < 4.78 is 0. The largest absolute Gasteiger partial charge is 0.240 e. The number of aromatic nitrogens is 2. The second-order valence-corrected chi connectivity index (χ2v) is 5.17. The van der Waals surface area contributed by atoms with E-state index in [-0.39, 0.29) is 0 Å². The molecule has 0 saturated heterocycles. The Labute approximate surface area is 104 Å². The maximum Gasteiger partial charge on any atom is 0.131 e. The molecule has 2 aromatic rings. The van der Waals surface area contributed by atoms with Gasteiger partial charge in [0, 0.05) is 17.5 Å². The number of nitrogens with zero attached hydrogens (tertiary/aromatic N) is 2. The number of hydrogen-bond donors (Lipinski definition) is 0. The molecule has 0 bridgehead atoms. The Morgan fingerprint density at radius 1 is 0.941 bits per heavy atom. The van der Waals surface area contributed by atoms with Gasteiger partial charge in [0.15, 0.2) is 0 Å². The average molecular weight is 230 g/mol. The van der Waals surface area contributed by atoms with E-state index in [1.54, 1.807) is 0 Å². The fourth-order valence-electron chi connectivity index (χ4n) is 1.26. The lowest BCUT2D eigenvalue weighted by Gasteiger charge is -2.03. The van der Waals surface area contributed by atoms with Crippen LogP contribution in [0.5, 0.6) is 0 Å². The van der Waals surface area contributed by atoms with Crippen molar-refractivity contribution in [3.8, 4) is 0 Å². The summed E-state index contributed by atoms with van der Waals surface area (Å²) in [6.45, 7) is 10.7.